The first-order chi connectivity index (χ1) is 10.2. The van der Waals surface area contributed by atoms with E-state index in [1.165, 1.54) is 11.3 Å². The smallest absolute Gasteiger partial charge is 0.0945 e. The Hall–Kier alpha value is -2.36. The average Bonchev–Trinajstić information content (AvgIpc) is 3.04. The van der Waals surface area contributed by atoms with E-state index < -0.39 is 0 Å². The highest BCUT2D eigenvalue weighted by Gasteiger charge is 2.06. The van der Waals surface area contributed by atoms with E-state index in [9.17, 15) is 0 Å². The van der Waals surface area contributed by atoms with E-state index in [0.717, 1.165) is 34.9 Å². The van der Waals surface area contributed by atoms with Crippen LogP contribution < -0.4 is 4.90 Å². The predicted molar refractivity (Wildman–Crippen MR) is 88.4 cm³/mol. The van der Waals surface area contributed by atoms with Crippen molar-refractivity contribution < 1.29 is 4.74 Å². The monoisotopic (exact) mass is 295 g/mol. The van der Waals surface area contributed by atoms with E-state index in [0.29, 0.717) is 0 Å². The summed E-state index contributed by atoms with van der Waals surface area (Å²) in [7, 11) is 3.70. The second-order valence-electron chi connectivity index (χ2n) is 4.54. The highest BCUT2D eigenvalue weighted by molar-refractivity contribution is 7.09. The van der Waals surface area contributed by atoms with E-state index in [4.69, 9.17) is 4.74 Å². The maximum Gasteiger partial charge on any atom is 0.0945 e. The van der Waals surface area contributed by atoms with Gasteiger partial charge in [0.2, 0.25) is 0 Å². The summed E-state index contributed by atoms with van der Waals surface area (Å²) in [5.74, 6) is 7.16. The largest absolute Gasteiger partial charge is 0.502 e. The normalized spacial score (nSPS) is 9.24. The molecule has 3 heteroatoms. The molecule has 0 atom stereocenters. The maximum atomic E-state index is 5.11. The molecule has 0 aliphatic heterocycles. The molecule has 1 aromatic heterocycles. The van der Waals surface area contributed by atoms with E-state index in [2.05, 4.69) is 47.9 Å². The molecule has 0 spiro atoms. The fourth-order valence-electron chi connectivity index (χ4n) is 1.83. The lowest BCUT2D eigenvalue weighted by Crippen LogP contribution is -2.20. The number of hydrogen-bond donors (Lipinski definition) is 0. The Labute approximate surface area is 130 Å². The van der Waals surface area contributed by atoms with Crippen molar-refractivity contribution in [3.05, 3.63) is 64.6 Å². The Morgan fingerprint density at radius 2 is 2.19 bits per heavy atom. The summed E-state index contributed by atoms with van der Waals surface area (Å²) in [6.07, 6.45) is 0.795. The lowest BCUT2D eigenvalue weighted by molar-refractivity contribution is 0.280. The van der Waals surface area contributed by atoms with Crippen LogP contribution in [0.2, 0.25) is 0 Å². The predicted octanol–water partition coefficient (Wildman–Crippen LogP) is 3.73. The summed E-state index contributed by atoms with van der Waals surface area (Å²) < 4.78 is 5.11. The molecule has 0 saturated heterocycles. The summed E-state index contributed by atoms with van der Waals surface area (Å²) in [5.41, 5.74) is 2.12. The molecule has 0 saturated carbocycles. The lowest BCUT2D eigenvalue weighted by Gasteiger charge is -2.21. The van der Waals surface area contributed by atoms with Crippen LogP contribution in [0.3, 0.4) is 0 Å². The molecule has 0 unspecified atom stereocenters. The molecule has 0 radical (unpaired) electrons. The van der Waals surface area contributed by atoms with Gasteiger partial charge < -0.3 is 9.64 Å². The molecule has 0 bridgehead atoms. The molecule has 0 amide bonds. The van der Waals surface area contributed by atoms with Crippen LogP contribution in [0.5, 0.6) is 0 Å². The van der Waals surface area contributed by atoms with Gasteiger partial charge in [0.1, 0.15) is 0 Å². The molecule has 2 aromatic rings. The Morgan fingerprint density at radius 1 is 1.38 bits per heavy atom. The second-order valence-corrected chi connectivity index (χ2v) is 5.39. The highest BCUT2D eigenvalue weighted by Crippen LogP contribution is 2.19. The number of hydrogen-bond acceptors (Lipinski definition) is 3. The van der Waals surface area contributed by atoms with Crippen molar-refractivity contribution in [2.45, 2.75) is 6.42 Å². The minimum Gasteiger partial charge on any atom is -0.502 e. The van der Waals surface area contributed by atoms with Crippen molar-refractivity contribution in [3.8, 4) is 11.8 Å². The summed E-state index contributed by atoms with van der Waals surface area (Å²) in [5, 5.41) is 2.92. The zero-order valence-electron chi connectivity index (χ0n) is 12.3. The number of nitrogens with zero attached hydrogens (tertiary/aromatic N) is 1. The van der Waals surface area contributed by atoms with E-state index >= 15 is 0 Å². The van der Waals surface area contributed by atoms with Crippen LogP contribution in [0.4, 0.5) is 5.69 Å². The Bertz CT molecular complexity index is 649. The van der Waals surface area contributed by atoms with Crippen molar-refractivity contribution >= 4 is 17.0 Å². The fraction of sp³-hybridized carbons (Fsp3) is 0.222. The lowest BCUT2D eigenvalue weighted by atomic mass is 10.1. The molecule has 2 rings (SSSR count). The second kappa shape index (κ2) is 7.43. The van der Waals surface area contributed by atoms with Crippen molar-refractivity contribution in [1.29, 1.82) is 0 Å². The van der Waals surface area contributed by atoms with Crippen LogP contribution in [-0.4, -0.2) is 20.7 Å². The van der Waals surface area contributed by atoms with Crippen LogP contribution in [0.15, 0.2) is 42.7 Å². The molecule has 0 aliphatic rings. The number of rotatable bonds is 5. The molecular formula is C18H17NOS. The van der Waals surface area contributed by atoms with Gasteiger partial charge in [0, 0.05) is 31.6 Å². The van der Waals surface area contributed by atoms with Gasteiger partial charge in [0.25, 0.3) is 0 Å². The molecule has 1 aromatic carbocycles. The standard InChI is InChI=1S/C18H17NOS/c1-15(20-3)12-13-19(2)18-9-5-4-7-16(18)10-11-17-8-6-14-21-17/h4-5,7-9H,1,12-13H2,2-3H3. The Kier molecular flexibility index (Phi) is 5.32. The van der Waals surface area contributed by atoms with Crippen molar-refractivity contribution in [3.63, 3.8) is 0 Å². The average molecular weight is 295 g/mol. The topological polar surface area (TPSA) is 12.5 Å². The molecule has 106 valence electrons. The summed E-state index contributed by atoms with van der Waals surface area (Å²) >= 11 is 1.48. The Balaban J connectivity index is 2.14. The van der Waals surface area contributed by atoms with E-state index in [1.807, 2.05) is 24.3 Å². The molecule has 0 aliphatic carbocycles. The number of ether oxygens (including phenoxy) is 1. The van der Waals surface area contributed by atoms with Crippen LogP contribution in [-0.2, 0) is 4.74 Å². The maximum absolute atomic E-state index is 5.11. The third-order valence-corrected chi connectivity index (χ3v) is 3.73. The molecule has 0 N–H and O–H groups in total. The summed E-state index contributed by atoms with van der Waals surface area (Å²) in [6, 6.07) is 12.9. The first-order valence-corrected chi connectivity index (χ1v) is 7.44. The third-order valence-electron chi connectivity index (χ3n) is 3.07. The quantitative estimate of drug-likeness (QED) is 0.615. The van der Waals surface area contributed by atoms with Crippen LogP contribution in [0, 0.1) is 23.3 Å². The molecular weight excluding hydrogens is 278 g/mol. The van der Waals surface area contributed by atoms with E-state index in [-0.39, 0.29) is 0 Å². The van der Waals surface area contributed by atoms with Crippen molar-refractivity contribution in [2.24, 2.45) is 0 Å². The number of methoxy groups -OCH3 is 1. The number of anilines is 1. The van der Waals surface area contributed by atoms with Crippen LogP contribution in [0.25, 0.3) is 0 Å². The van der Waals surface area contributed by atoms with Gasteiger partial charge >= 0.3 is 0 Å². The molecule has 2 nitrogen and oxygen atoms in total. The van der Waals surface area contributed by atoms with Gasteiger partial charge in [-0.3, -0.25) is 0 Å². The van der Waals surface area contributed by atoms with Gasteiger partial charge in [0.15, 0.2) is 0 Å². The third kappa shape index (κ3) is 4.31. The zero-order chi connectivity index (χ0) is 15.1. The van der Waals surface area contributed by atoms with Gasteiger partial charge in [-0.25, -0.2) is 0 Å². The fourth-order valence-corrected chi connectivity index (χ4v) is 2.27. The van der Waals surface area contributed by atoms with Gasteiger partial charge in [-0.2, -0.15) is 0 Å². The summed E-state index contributed by atoms with van der Waals surface area (Å²) in [6.45, 7) is 4.69. The first kappa shape index (κ1) is 15.0. The Morgan fingerprint density at radius 3 is 2.90 bits per heavy atom. The van der Waals surface area contributed by atoms with Gasteiger partial charge in [0.05, 0.1) is 23.4 Å². The SMILES string of the molecule is C=C(CCN(C)c1ccccc1C#Cc1cc#cs1)OC. The summed E-state index contributed by atoms with van der Waals surface area (Å²) in [4.78, 5) is 3.14. The van der Waals surface area contributed by atoms with Crippen molar-refractivity contribution in [2.75, 3.05) is 25.6 Å². The van der Waals surface area contributed by atoms with Gasteiger partial charge in [-0.1, -0.05) is 42.0 Å². The van der Waals surface area contributed by atoms with Gasteiger partial charge in [-0.05, 0) is 23.4 Å². The van der Waals surface area contributed by atoms with Gasteiger partial charge in [-0.15, -0.1) is 0 Å². The minimum atomic E-state index is 0.787. The highest BCUT2D eigenvalue weighted by atomic mass is 32.1. The molecule has 1 heterocycles. The van der Waals surface area contributed by atoms with E-state index in [1.54, 1.807) is 7.11 Å². The van der Waals surface area contributed by atoms with Crippen molar-refractivity contribution in [1.82, 2.24) is 0 Å². The zero-order valence-corrected chi connectivity index (χ0v) is 13.1. The van der Waals surface area contributed by atoms with Crippen LogP contribution in [0.1, 0.15) is 16.9 Å². The first-order valence-electron chi connectivity index (χ1n) is 6.62. The molecule has 21 heavy (non-hydrogen) atoms. The van der Waals surface area contributed by atoms with Crippen LogP contribution >= 0.6 is 11.3 Å². The molecule has 0 fully saturated rings. The minimum absolute atomic E-state index is 0.787. The number of benzene rings is 1. The number of para-hydroxylation sites is 1.